The van der Waals surface area contributed by atoms with E-state index < -0.39 is 0 Å². The van der Waals surface area contributed by atoms with E-state index in [4.69, 9.17) is 0 Å². The van der Waals surface area contributed by atoms with E-state index in [9.17, 15) is 9.90 Å². The minimum Gasteiger partial charge on any atom is -0.393 e. The standard InChI is InChI=1S/C16H19NO2S/c18-13-7-3-1-6-12(13)10-17-16(19)15-9-11-5-2-4-8-14(11)20-15/h2,4-5,8-9,12-13,18H,1,3,6-7,10H2,(H,17,19). The van der Waals surface area contributed by atoms with Crippen molar-refractivity contribution < 1.29 is 9.90 Å². The Kier molecular flexibility index (Phi) is 4.03. The van der Waals surface area contributed by atoms with E-state index in [1.165, 1.54) is 11.3 Å². The van der Waals surface area contributed by atoms with Gasteiger partial charge in [-0.25, -0.2) is 0 Å². The molecule has 1 amide bonds. The van der Waals surface area contributed by atoms with Crippen molar-refractivity contribution in [2.45, 2.75) is 31.8 Å². The Hall–Kier alpha value is -1.39. The number of amides is 1. The molecule has 1 aliphatic carbocycles. The molecule has 106 valence electrons. The van der Waals surface area contributed by atoms with Crippen LogP contribution in [0.1, 0.15) is 35.4 Å². The molecule has 0 bridgehead atoms. The summed E-state index contributed by atoms with van der Waals surface area (Å²) in [6.45, 7) is 0.578. The first-order valence-corrected chi connectivity index (χ1v) is 8.00. The zero-order valence-electron chi connectivity index (χ0n) is 11.3. The lowest BCUT2D eigenvalue weighted by atomic mass is 9.86. The molecule has 2 N–H and O–H groups in total. The van der Waals surface area contributed by atoms with Crippen molar-refractivity contribution in [1.29, 1.82) is 0 Å². The fourth-order valence-electron chi connectivity index (χ4n) is 2.83. The molecule has 20 heavy (non-hydrogen) atoms. The van der Waals surface area contributed by atoms with Gasteiger partial charge in [-0.3, -0.25) is 4.79 Å². The van der Waals surface area contributed by atoms with Crippen molar-refractivity contribution in [2.75, 3.05) is 6.54 Å². The fourth-order valence-corrected chi connectivity index (χ4v) is 3.81. The third kappa shape index (κ3) is 2.86. The molecule has 1 fully saturated rings. The van der Waals surface area contributed by atoms with Crippen LogP contribution >= 0.6 is 11.3 Å². The number of aliphatic hydroxyl groups is 1. The number of thiophene rings is 1. The van der Waals surface area contributed by atoms with Crippen molar-refractivity contribution in [3.63, 3.8) is 0 Å². The Bertz CT molecular complexity index is 574. The van der Waals surface area contributed by atoms with Crippen molar-refractivity contribution >= 4 is 27.3 Å². The SMILES string of the molecule is O=C(NCC1CCCCC1O)c1cc2ccccc2s1. The second kappa shape index (κ2) is 5.94. The number of nitrogens with one attached hydrogen (secondary N) is 1. The van der Waals surface area contributed by atoms with Crippen LogP contribution < -0.4 is 5.32 Å². The fraction of sp³-hybridized carbons (Fsp3) is 0.438. The van der Waals surface area contributed by atoms with Crippen LogP contribution in [-0.2, 0) is 0 Å². The van der Waals surface area contributed by atoms with Gasteiger partial charge in [0.1, 0.15) is 0 Å². The van der Waals surface area contributed by atoms with Gasteiger partial charge in [0.25, 0.3) is 5.91 Å². The Morgan fingerprint density at radius 2 is 2.10 bits per heavy atom. The van der Waals surface area contributed by atoms with E-state index >= 15 is 0 Å². The maximum atomic E-state index is 12.2. The minimum atomic E-state index is -0.258. The minimum absolute atomic E-state index is 0.0241. The highest BCUT2D eigenvalue weighted by Gasteiger charge is 2.23. The quantitative estimate of drug-likeness (QED) is 0.911. The molecule has 1 aromatic heterocycles. The molecule has 2 unspecified atom stereocenters. The summed E-state index contributed by atoms with van der Waals surface area (Å²) in [4.78, 5) is 12.9. The Morgan fingerprint density at radius 1 is 1.30 bits per heavy atom. The summed E-state index contributed by atoms with van der Waals surface area (Å²) >= 11 is 1.52. The van der Waals surface area contributed by atoms with E-state index in [2.05, 4.69) is 5.32 Å². The largest absolute Gasteiger partial charge is 0.393 e. The zero-order chi connectivity index (χ0) is 13.9. The molecule has 2 aromatic rings. The first-order valence-electron chi connectivity index (χ1n) is 7.19. The first kappa shape index (κ1) is 13.6. The van der Waals surface area contributed by atoms with Crippen LogP contribution in [-0.4, -0.2) is 23.7 Å². The van der Waals surface area contributed by atoms with Crippen LogP contribution in [0.15, 0.2) is 30.3 Å². The molecule has 1 aromatic carbocycles. The topological polar surface area (TPSA) is 49.3 Å². The molecule has 0 spiro atoms. The van der Waals surface area contributed by atoms with Crippen LogP contribution in [0.5, 0.6) is 0 Å². The summed E-state index contributed by atoms with van der Waals surface area (Å²) in [5, 5.41) is 14.0. The van der Waals surface area contributed by atoms with Crippen LogP contribution in [0.25, 0.3) is 10.1 Å². The lowest BCUT2D eigenvalue weighted by molar-refractivity contribution is 0.0664. The maximum absolute atomic E-state index is 12.2. The summed E-state index contributed by atoms with van der Waals surface area (Å²) in [6, 6.07) is 9.95. The van der Waals surface area contributed by atoms with Gasteiger partial charge < -0.3 is 10.4 Å². The molecule has 3 rings (SSSR count). The second-order valence-corrected chi connectivity index (χ2v) is 6.55. The molecule has 2 atom stereocenters. The molecular weight excluding hydrogens is 270 g/mol. The third-order valence-electron chi connectivity index (χ3n) is 4.04. The highest BCUT2D eigenvalue weighted by molar-refractivity contribution is 7.20. The number of hydrogen-bond acceptors (Lipinski definition) is 3. The van der Waals surface area contributed by atoms with Crippen LogP contribution in [0.4, 0.5) is 0 Å². The van der Waals surface area contributed by atoms with Crippen molar-refractivity contribution in [3.05, 3.63) is 35.2 Å². The van der Waals surface area contributed by atoms with E-state index in [0.717, 1.165) is 40.6 Å². The second-order valence-electron chi connectivity index (χ2n) is 5.47. The summed E-state index contributed by atoms with van der Waals surface area (Å²) in [7, 11) is 0. The molecule has 1 heterocycles. The van der Waals surface area contributed by atoms with Gasteiger partial charge in [-0.05, 0) is 30.4 Å². The van der Waals surface area contributed by atoms with Gasteiger partial charge in [-0.15, -0.1) is 11.3 Å². The third-order valence-corrected chi connectivity index (χ3v) is 5.16. The Morgan fingerprint density at radius 3 is 2.90 bits per heavy atom. The number of fused-ring (bicyclic) bond motifs is 1. The zero-order valence-corrected chi connectivity index (χ0v) is 12.2. The molecule has 0 aliphatic heterocycles. The van der Waals surface area contributed by atoms with Gasteiger partial charge in [-0.2, -0.15) is 0 Å². The summed E-state index contributed by atoms with van der Waals surface area (Å²) in [5.41, 5.74) is 0. The van der Waals surface area contributed by atoms with E-state index in [1.807, 2.05) is 30.3 Å². The van der Waals surface area contributed by atoms with Crippen molar-refractivity contribution in [2.24, 2.45) is 5.92 Å². The number of benzene rings is 1. The Balaban J connectivity index is 1.64. The molecule has 4 heteroatoms. The van der Waals surface area contributed by atoms with Crippen LogP contribution in [0, 0.1) is 5.92 Å². The molecule has 0 radical (unpaired) electrons. The van der Waals surface area contributed by atoms with E-state index in [1.54, 1.807) is 0 Å². The number of carbonyl (C=O) groups excluding carboxylic acids is 1. The number of hydrogen-bond donors (Lipinski definition) is 2. The lowest BCUT2D eigenvalue weighted by Gasteiger charge is -2.27. The summed E-state index contributed by atoms with van der Waals surface area (Å²) < 4.78 is 1.13. The average molecular weight is 289 g/mol. The normalized spacial score (nSPS) is 22.9. The number of aliphatic hydroxyl groups excluding tert-OH is 1. The predicted molar refractivity (Wildman–Crippen MR) is 82.1 cm³/mol. The first-order chi connectivity index (χ1) is 9.74. The van der Waals surface area contributed by atoms with Gasteiger partial charge in [0, 0.05) is 17.2 Å². The summed E-state index contributed by atoms with van der Waals surface area (Å²) in [6.07, 6.45) is 3.87. The number of rotatable bonds is 3. The van der Waals surface area contributed by atoms with Gasteiger partial charge in [0.15, 0.2) is 0 Å². The van der Waals surface area contributed by atoms with Crippen molar-refractivity contribution in [3.8, 4) is 0 Å². The van der Waals surface area contributed by atoms with Crippen LogP contribution in [0.2, 0.25) is 0 Å². The van der Waals surface area contributed by atoms with Gasteiger partial charge in [-0.1, -0.05) is 31.0 Å². The molecule has 1 saturated carbocycles. The number of carbonyl (C=O) groups is 1. The summed E-state index contributed by atoms with van der Waals surface area (Å²) in [5.74, 6) is 0.186. The molecular formula is C16H19NO2S. The Labute approximate surface area is 122 Å². The van der Waals surface area contributed by atoms with Crippen molar-refractivity contribution in [1.82, 2.24) is 5.32 Å². The van der Waals surface area contributed by atoms with Gasteiger partial charge in [0.05, 0.1) is 11.0 Å². The highest BCUT2D eigenvalue weighted by Crippen LogP contribution is 2.26. The van der Waals surface area contributed by atoms with Crippen LogP contribution in [0.3, 0.4) is 0 Å². The van der Waals surface area contributed by atoms with Gasteiger partial charge in [0.2, 0.25) is 0 Å². The lowest BCUT2D eigenvalue weighted by Crippen LogP contribution is -2.36. The average Bonchev–Trinajstić information content (AvgIpc) is 2.90. The monoisotopic (exact) mass is 289 g/mol. The van der Waals surface area contributed by atoms with Gasteiger partial charge >= 0.3 is 0 Å². The molecule has 0 saturated heterocycles. The molecule has 1 aliphatic rings. The van der Waals surface area contributed by atoms with E-state index in [0.29, 0.717) is 6.54 Å². The highest BCUT2D eigenvalue weighted by atomic mass is 32.1. The maximum Gasteiger partial charge on any atom is 0.261 e. The smallest absolute Gasteiger partial charge is 0.261 e. The predicted octanol–water partition coefficient (Wildman–Crippen LogP) is 3.18. The molecule has 3 nitrogen and oxygen atoms in total. The van der Waals surface area contributed by atoms with E-state index in [-0.39, 0.29) is 17.9 Å².